The van der Waals surface area contributed by atoms with Crippen molar-refractivity contribution in [3.63, 3.8) is 0 Å². The van der Waals surface area contributed by atoms with Crippen LogP contribution < -0.4 is 0 Å². The van der Waals surface area contributed by atoms with Gasteiger partial charge < -0.3 is 18.7 Å². The molecule has 1 aliphatic rings. The highest BCUT2D eigenvalue weighted by Crippen LogP contribution is 2.19. The molecule has 0 N–H and O–H groups in total. The van der Waals surface area contributed by atoms with E-state index in [-0.39, 0.29) is 12.1 Å². The van der Waals surface area contributed by atoms with Crippen LogP contribution in [0.5, 0.6) is 0 Å². The molecule has 2 unspecified atom stereocenters. The predicted molar refractivity (Wildman–Crippen MR) is 80.4 cm³/mol. The third-order valence-corrected chi connectivity index (χ3v) is 3.45. The monoisotopic (exact) mass is 298 g/mol. The Labute approximate surface area is 128 Å². The van der Waals surface area contributed by atoms with Crippen LogP contribution in [0.25, 0.3) is 0 Å². The van der Waals surface area contributed by atoms with Gasteiger partial charge in [-0.1, -0.05) is 6.92 Å². The number of hydrogen-bond acceptors (Lipinski definition) is 4. The lowest BCUT2D eigenvalue weighted by atomic mass is 10.1. The number of likely N-dealkylation sites (N-methyl/N-ethyl adjacent to an activating group) is 1. The summed E-state index contributed by atoms with van der Waals surface area (Å²) in [5, 5.41) is 0. The van der Waals surface area contributed by atoms with E-state index >= 15 is 0 Å². The van der Waals surface area contributed by atoms with E-state index in [2.05, 4.69) is 20.0 Å². The lowest BCUT2D eigenvalue weighted by molar-refractivity contribution is -0.883. The van der Waals surface area contributed by atoms with Gasteiger partial charge in [0.1, 0.15) is 13.1 Å². The molecular formula is C16H28NO4+. The van der Waals surface area contributed by atoms with E-state index in [1.54, 1.807) is 0 Å². The third-order valence-electron chi connectivity index (χ3n) is 3.45. The molecule has 1 rings (SSSR count). The van der Waals surface area contributed by atoms with E-state index in [0.717, 1.165) is 25.8 Å². The fraction of sp³-hybridized carbons (Fsp3) is 0.812. The van der Waals surface area contributed by atoms with Crippen molar-refractivity contribution in [2.75, 3.05) is 40.4 Å². The molecule has 0 amide bonds. The Morgan fingerprint density at radius 2 is 2.24 bits per heavy atom. The number of terminal acetylenes is 1. The van der Waals surface area contributed by atoms with Crippen molar-refractivity contribution in [1.82, 2.24) is 0 Å². The molecule has 1 heterocycles. The van der Waals surface area contributed by atoms with Crippen molar-refractivity contribution in [3.05, 3.63) is 0 Å². The summed E-state index contributed by atoms with van der Waals surface area (Å²) in [6, 6.07) is 0. The zero-order valence-electron chi connectivity index (χ0n) is 13.5. The number of quaternary nitrogens is 1. The van der Waals surface area contributed by atoms with Crippen molar-refractivity contribution in [1.29, 1.82) is 0 Å². The third kappa shape index (κ3) is 6.94. The van der Waals surface area contributed by atoms with Gasteiger partial charge >= 0.3 is 5.97 Å². The largest absolute Gasteiger partial charge is 0.457 e. The number of nitrogens with zero attached hydrogens (tertiary/aromatic N) is 1. The summed E-state index contributed by atoms with van der Waals surface area (Å²) < 4.78 is 17.5. The van der Waals surface area contributed by atoms with Crippen LogP contribution in [0, 0.1) is 12.3 Å². The highest BCUT2D eigenvalue weighted by atomic mass is 16.7. The lowest BCUT2D eigenvalue weighted by Gasteiger charge is -2.32. The van der Waals surface area contributed by atoms with Gasteiger partial charge in [0.15, 0.2) is 12.4 Å². The molecule has 5 heteroatoms. The molecule has 2 atom stereocenters. The van der Waals surface area contributed by atoms with Gasteiger partial charge in [0, 0.05) is 6.42 Å². The number of hydrogen-bond donors (Lipinski definition) is 0. The number of esters is 1. The molecule has 5 nitrogen and oxygen atoms in total. The van der Waals surface area contributed by atoms with Crippen LogP contribution in [0.2, 0.25) is 0 Å². The Hall–Kier alpha value is -1.09. The Morgan fingerprint density at radius 1 is 1.48 bits per heavy atom. The quantitative estimate of drug-likeness (QED) is 0.387. The summed E-state index contributed by atoms with van der Waals surface area (Å²) in [6.07, 6.45) is 7.51. The van der Waals surface area contributed by atoms with E-state index in [0.29, 0.717) is 30.7 Å². The molecular weight excluding hydrogens is 270 g/mol. The number of ether oxygens (including phenoxy) is 3. The zero-order valence-corrected chi connectivity index (χ0v) is 13.5. The first-order chi connectivity index (χ1) is 9.98. The van der Waals surface area contributed by atoms with Crippen LogP contribution in [0.3, 0.4) is 0 Å². The van der Waals surface area contributed by atoms with Crippen LogP contribution in [-0.4, -0.2) is 63.2 Å². The molecule has 0 bridgehead atoms. The molecule has 0 aromatic rings. The molecule has 1 aliphatic heterocycles. The number of carbonyl (C=O) groups is 1. The van der Waals surface area contributed by atoms with Gasteiger partial charge in [-0.25, -0.2) is 0 Å². The SMILES string of the molecule is C#CC[N+](C)(C)CCOC1OCCCC1OC(=O)CCC. The molecule has 0 spiro atoms. The second kappa shape index (κ2) is 9.04. The topological polar surface area (TPSA) is 44.8 Å². The summed E-state index contributed by atoms with van der Waals surface area (Å²) in [5.41, 5.74) is 0. The normalized spacial score (nSPS) is 22.6. The van der Waals surface area contributed by atoms with Crippen LogP contribution in [0.1, 0.15) is 32.6 Å². The fourth-order valence-electron chi connectivity index (χ4n) is 2.17. The smallest absolute Gasteiger partial charge is 0.306 e. The van der Waals surface area contributed by atoms with Gasteiger partial charge in [-0.05, 0) is 25.2 Å². The fourth-order valence-corrected chi connectivity index (χ4v) is 2.17. The van der Waals surface area contributed by atoms with Crippen LogP contribution in [0.4, 0.5) is 0 Å². The van der Waals surface area contributed by atoms with Crippen molar-refractivity contribution in [3.8, 4) is 12.3 Å². The Bertz CT molecular complexity index is 362. The average molecular weight is 298 g/mol. The second-order valence-corrected chi connectivity index (χ2v) is 6.05. The summed E-state index contributed by atoms with van der Waals surface area (Å²) in [6.45, 7) is 4.58. The Balaban J connectivity index is 2.39. The first-order valence-corrected chi connectivity index (χ1v) is 7.66. The molecule has 0 aromatic carbocycles. The van der Waals surface area contributed by atoms with Gasteiger partial charge in [-0.15, -0.1) is 6.42 Å². The first-order valence-electron chi connectivity index (χ1n) is 7.66. The maximum absolute atomic E-state index is 11.6. The minimum atomic E-state index is -0.453. The highest BCUT2D eigenvalue weighted by molar-refractivity contribution is 5.69. The van der Waals surface area contributed by atoms with E-state index in [1.165, 1.54) is 0 Å². The van der Waals surface area contributed by atoms with Crippen LogP contribution in [-0.2, 0) is 19.0 Å². The molecule has 1 saturated heterocycles. The summed E-state index contributed by atoms with van der Waals surface area (Å²) in [7, 11) is 4.12. The van der Waals surface area contributed by atoms with Gasteiger partial charge in [-0.2, -0.15) is 0 Å². The minimum Gasteiger partial charge on any atom is -0.457 e. The molecule has 120 valence electrons. The van der Waals surface area contributed by atoms with Gasteiger partial charge in [0.25, 0.3) is 0 Å². The van der Waals surface area contributed by atoms with Crippen molar-refractivity contribution >= 4 is 5.97 Å². The van der Waals surface area contributed by atoms with Crippen molar-refractivity contribution in [2.45, 2.75) is 45.0 Å². The number of carbonyl (C=O) groups excluding carboxylic acids is 1. The summed E-state index contributed by atoms with van der Waals surface area (Å²) in [5.74, 6) is 2.49. The molecule has 0 aliphatic carbocycles. The molecule has 0 aromatic heterocycles. The maximum Gasteiger partial charge on any atom is 0.306 e. The molecule has 1 fully saturated rings. The summed E-state index contributed by atoms with van der Waals surface area (Å²) in [4.78, 5) is 11.6. The lowest BCUT2D eigenvalue weighted by Crippen LogP contribution is -2.45. The van der Waals surface area contributed by atoms with Gasteiger partial charge in [0.05, 0.1) is 27.3 Å². The van der Waals surface area contributed by atoms with Crippen LogP contribution >= 0.6 is 0 Å². The molecule has 0 saturated carbocycles. The Morgan fingerprint density at radius 3 is 2.90 bits per heavy atom. The van der Waals surface area contributed by atoms with E-state index in [1.807, 2.05) is 6.92 Å². The summed E-state index contributed by atoms with van der Waals surface area (Å²) >= 11 is 0. The Kier molecular flexibility index (Phi) is 7.73. The van der Waals surface area contributed by atoms with Crippen LogP contribution in [0.15, 0.2) is 0 Å². The number of rotatable bonds is 8. The van der Waals surface area contributed by atoms with Gasteiger partial charge in [-0.3, -0.25) is 4.79 Å². The second-order valence-electron chi connectivity index (χ2n) is 6.05. The van der Waals surface area contributed by atoms with E-state index < -0.39 is 6.29 Å². The minimum absolute atomic E-state index is 0.176. The maximum atomic E-state index is 11.6. The molecule has 0 radical (unpaired) electrons. The van der Waals surface area contributed by atoms with E-state index in [4.69, 9.17) is 20.6 Å². The van der Waals surface area contributed by atoms with Crippen molar-refractivity contribution < 1.29 is 23.5 Å². The van der Waals surface area contributed by atoms with E-state index in [9.17, 15) is 4.79 Å². The standard InChI is InChI=1S/C16H28NO4/c1-5-8-15(18)21-14-9-7-12-19-16(14)20-13-11-17(3,4)10-6-2/h2,14,16H,5,7-13H2,1,3-4H3/q+1. The zero-order chi connectivity index (χ0) is 15.7. The highest BCUT2D eigenvalue weighted by Gasteiger charge is 2.30. The van der Waals surface area contributed by atoms with Gasteiger partial charge in [0.2, 0.25) is 0 Å². The predicted octanol–water partition coefficient (Wildman–Crippen LogP) is 1.56. The first kappa shape index (κ1) is 18.0. The average Bonchev–Trinajstić information content (AvgIpc) is 2.40. The molecule has 21 heavy (non-hydrogen) atoms. The van der Waals surface area contributed by atoms with Crippen molar-refractivity contribution in [2.24, 2.45) is 0 Å².